The molecule has 104 valence electrons. The monoisotopic (exact) mass is 269 g/mol. The second-order valence-corrected chi connectivity index (χ2v) is 4.38. The molecule has 0 aliphatic carbocycles. The number of aromatic nitrogens is 1. The summed E-state index contributed by atoms with van der Waals surface area (Å²) in [5, 5.41) is 20.1. The van der Waals surface area contributed by atoms with Crippen molar-refractivity contribution in [3.8, 4) is 5.88 Å². The first kappa shape index (κ1) is 14.7. The summed E-state index contributed by atoms with van der Waals surface area (Å²) >= 11 is 0. The quantitative estimate of drug-likeness (QED) is 0.634. The summed E-state index contributed by atoms with van der Waals surface area (Å²) < 4.78 is 4.91. The number of carboxylic acids is 1. The molecule has 0 aromatic carbocycles. The van der Waals surface area contributed by atoms with E-state index in [0.717, 1.165) is 0 Å². The summed E-state index contributed by atoms with van der Waals surface area (Å²) in [6.07, 6.45) is 0. The third-order valence-corrected chi connectivity index (χ3v) is 2.91. The van der Waals surface area contributed by atoms with Gasteiger partial charge in [-0.15, -0.1) is 0 Å². The Kier molecular flexibility index (Phi) is 3.93. The Morgan fingerprint density at radius 1 is 1.53 bits per heavy atom. The van der Waals surface area contributed by atoms with Crippen molar-refractivity contribution in [2.24, 2.45) is 0 Å². The number of likely N-dealkylation sites (N-methyl/N-ethyl adjacent to an activating group) is 1. The van der Waals surface area contributed by atoms with Gasteiger partial charge in [0.05, 0.1) is 12.0 Å². The molecule has 19 heavy (non-hydrogen) atoms. The van der Waals surface area contributed by atoms with Crippen molar-refractivity contribution in [3.63, 3.8) is 0 Å². The molecule has 0 radical (unpaired) electrons. The van der Waals surface area contributed by atoms with Crippen LogP contribution in [0.2, 0.25) is 0 Å². The molecule has 0 unspecified atom stereocenters. The number of pyridine rings is 1. The van der Waals surface area contributed by atoms with E-state index in [1.54, 1.807) is 0 Å². The van der Waals surface area contributed by atoms with E-state index < -0.39 is 16.4 Å². The van der Waals surface area contributed by atoms with E-state index in [-0.39, 0.29) is 17.4 Å². The zero-order valence-corrected chi connectivity index (χ0v) is 11.1. The second-order valence-electron chi connectivity index (χ2n) is 4.38. The predicted molar refractivity (Wildman–Crippen MR) is 67.6 cm³/mol. The number of ether oxygens (including phenoxy) is 1. The lowest BCUT2D eigenvalue weighted by molar-refractivity contribution is -0.384. The van der Waals surface area contributed by atoms with E-state index >= 15 is 0 Å². The maximum atomic E-state index is 11.2. The van der Waals surface area contributed by atoms with Gasteiger partial charge in [0.1, 0.15) is 5.54 Å². The Labute approximate surface area is 109 Å². The first-order valence-electron chi connectivity index (χ1n) is 5.38. The molecular weight excluding hydrogens is 254 g/mol. The highest BCUT2D eigenvalue weighted by atomic mass is 16.6. The maximum Gasteiger partial charge on any atom is 0.328 e. The summed E-state index contributed by atoms with van der Waals surface area (Å²) in [5.41, 5.74) is -1.62. The number of rotatable bonds is 5. The molecule has 1 rings (SSSR count). The van der Waals surface area contributed by atoms with Gasteiger partial charge in [0.15, 0.2) is 0 Å². The van der Waals surface area contributed by atoms with Gasteiger partial charge in [-0.25, -0.2) is 4.79 Å². The number of nitrogens with zero attached hydrogens (tertiary/aromatic N) is 3. The molecule has 8 heteroatoms. The van der Waals surface area contributed by atoms with Gasteiger partial charge < -0.3 is 14.7 Å². The van der Waals surface area contributed by atoms with Crippen LogP contribution < -0.4 is 9.64 Å². The van der Waals surface area contributed by atoms with Crippen LogP contribution in [0.4, 0.5) is 11.5 Å². The van der Waals surface area contributed by atoms with Gasteiger partial charge in [0.25, 0.3) is 0 Å². The van der Waals surface area contributed by atoms with Gasteiger partial charge in [-0.05, 0) is 13.8 Å². The lowest BCUT2D eigenvalue weighted by atomic mass is 10.0. The van der Waals surface area contributed by atoms with Crippen LogP contribution in [0.3, 0.4) is 0 Å². The average Bonchev–Trinajstić information content (AvgIpc) is 2.36. The van der Waals surface area contributed by atoms with Gasteiger partial charge in [-0.3, -0.25) is 10.1 Å². The molecule has 0 spiro atoms. The summed E-state index contributed by atoms with van der Waals surface area (Å²) in [6.45, 7) is 2.86. The summed E-state index contributed by atoms with van der Waals surface area (Å²) in [7, 11) is 2.81. The first-order valence-corrected chi connectivity index (χ1v) is 5.38. The fourth-order valence-electron chi connectivity index (χ4n) is 1.33. The number of hydrogen-bond donors (Lipinski definition) is 1. The Bertz CT molecular complexity index is 515. The minimum atomic E-state index is -1.34. The molecule has 0 bridgehead atoms. The minimum Gasteiger partial charge on any atom is -0.481 e. The fraction of sp³-hybridized carbons (Fsp3) is 0.455. The van der Waals surface area contributed by atoms with Crippen LogP contribution in [0.1, 0.15) is 13.8 Å². The van der Waals surface area contributed by atoms with Gasteiger partial charge in [0, 0.05) is 19.2 Å². The lowest BCUT2D eigenvalue weighted by Crippen LogP contribution is -2.48. The van der Waals surface area contributed by atoms with E-state index in [9.17, 15) is 14.9 Å². The largest absolute Gasteiger partial charge is 0.481 e. The molecule has 0 aliphatic rings. The van der Waals surface area contributed by atoms with Crippen LogP contribution >= 0.6 is 0 Å². The number of aliphatic carboxylic acids is 1. The predicted octanol–water partition coefficient (Wildman–Crippen LogP) is 1.30. The molecule has 1 aromatic rings. The van der Waals surface area contributed by atoms with Crippen LogP contribution in [0.25, 0.3) is 0 Å². The number of anilines is 1. The van der Waals surface area contributed by atoms with Gasteiger partial charge >= 0.3 is 11.7 Å². The summed E-state index contributed by atoms with van der Waals surface area (Å²) in [6, 6.07) is 2.58. The van der Waals surface area contributed by atoms with Crippen molar-refractivity contribution in [1.29, 1.82) is 0 Å². The van der Waals surface area contributed by atoms with Crippen LogP contribution in [-0.2, 0) is 4.79 Å². The van der Waals surface area contributed by atoms with Crippen molar-refractivity contribution in [3.05, 3.63) is 22.2 Å². The molecule has 0 atom stereocenters. The number of carboxylic acid groups (broad SMARTS) is 1. The standard InChI is InChI=1S/C11H15N3O5/c1-11(2,10(15)16)13(3)9-7(14(17)18)5-6-8(12-9)19-4/h5-6H,1-4H3,(H,15,16). The minimum absolute atomic E-state index is 0.0586. The van der Waals surface area contributed by atoms with Gasteiger partial charge in [0.2, 0.25) is 11.7 Å². The molecule has 1 heterocycles. The Balaban J connectivity index is 3.38. The van der Waals surface area contributed by atoms with Crippen LogP contribution in [0, 0.1) is 10.1 Å². The van der Waals surface area contributed by atoms with Crippen LogP contribution in [0.5, 0.6) is 5.88 Å². The topological polar surface area (TPSA) is 106 Å². The first-order chi connectivity index (χ1) is 8.71. The van der Waals surface area contributed by atoms with Crippen molar-refractivity contribution in [2.75, 3.05) is 19.1 Å². The molecule has 0 saturated heterocycles. The SMILES string of the molecule is COc1ccc([N+](=O)[O-])c(N(C)C(C)(C)C(=O)O)n1. The van der Waals surface area contributed by atoms with Gasteiger partial charge in [-0.1, -0.05) is 0 Å². The number of hydrogen-bond acceptors (Lipinski definition) is 6. The van der Waals surface area contributed by atoms with Crippen molar-refractivity contribution in [2.45, 2.75) is 19.4 Å². The Morgan fingerprint density at radius 3 is 2.53 bits per heavy atom. The molecule has 0 amide bonds. The number of carbonyl (C=O) groups is 1. The van der Waals surface area contributed by atoms with E-state index in [1.165, 1.54) is 45.0 Å². The van der Waals surface area contributed by atoms with E-state index in [4.69, 9.17) is 9.84 Å². The molecular formula is C11H15N3O5. The smallest absolute Gasteiger partial charge is 0.328 e. The highest BCUT2D eigenvalue weighted by molar-refractivity contribution is 5.83. The molecule has 0 saturated carbocycles. The Hall–Kier alpha value is -2.38. The average molecular weight is 269 g/mol. The third kappa shape index (κ3) is 2.72. The molecule has 1 aromatic heterocycles. The van der Waals surface area contributed by atoms with E-state index in [0.29, 0.717) is 0 Å². The van der Waals surface area contributed by atoms with Crippen LogP contribution in [-0.4, -0.2) is 40.7 Å². The highest BCUT2D eigenvalue weighted by Crippen LogP contribution is 2.31. The zero-order valence-electron chi connectivity index (χ0n) is 11.1. The molecule has 0 aliphatic heterocycles. The zero-order chi connectivity index (χ0) is 14.8. The number of nitro groups is 1. The maximum absolute atomic E-state index is 11.2. The Morgan fingerprint density at radius 2 is 2.11 bits per heavy atom. The summed E-state index contributed by atoms with van der Waals surface area (Å²) in [5.74, 6) is -1.00. The van der Waals surface area contributed by atoms with Gasteiger partial charge in [-0.2, -0.15) is 4.98 Å². The second kappa shape index (κ2) is 5.09. The summed E-state index contributed by atoms with van der Waals surface area (Å²) in [4.78, 5) is 26.8. The van der Waals surface area contributed by atoms with Crippen molar-refractivity contribution >= 4 is 17.5 Å². The molecule has 8 nitrogen and oxygen atoms in total. The van der Waals surface area contributed by atoms with Crippen LogP contribution in [0.15, 0.2) is 12.1 Å². The van der Waals surface area contributed by atoms with Crippen molar-refractivity contribution < 1.29 is 19.6 Å². The molecule has 1 N–H and O–H groups in total. The molecule has 0 fully saturated rings. The normalized spacial score (nSPS) is 10.9. The van der Waals surface area contributed by atoms with E-state index in [1.807, 2.05) is 0 Å². The number of methoxy groups -OCH3 is 1. The fourth-order valence-corrected chi connectivity index (χ4v) is 1.33. The third-order valence-electron chi connectivity index (χ3n) is 2.91. The highest BCUT2D eigenvalue weighted by Gasteiger charge is 2.36. The van der Waals surface area contributed by atoms with E-state index in [2.05, 4.69) is 4.98 Å². The lowest BCUT2D eigenvalue weighted by Gasteiger charge is -2.32. The van der Waals surface area contributed by atoms with Crippen molar-refractivity contribution in [1.82, 2.24) is 4.98 Å².